The van der Waals surface area contributed by atoms with Gasteiger partial charge in [-0.15, -0.1) is 0 Å². The Hall–Kier alpha value is -2.14. The molecular formula is C16H15BrN4. The summed E-state index contributed by atoms with van der Waals surface area (Å²) in [5.74, 6) is 0. The second kappa shape index (κ2) is 5.69. The largest absolute Gasteiger partial charge is 0.398 e. The monoisotopic (exact) mass is 342 g/mol. The highest BCUT2D eigenvalue weighted by atomic mass is 79.9. The maximum atomic E-state index is 6.05. The number of halogens is 1. The van der Waals surface area contributed by atoms with E-state index in [0.717, 1.165) is 15.7 Å². The third kappa shape index (κ3) is 2.69. The van der Waals surface area contributed by atoms with E-state index in [9.17, 15) is 0 Å². The molecule has 3 aromatic rings. The van der Waals surface area contributed by atoms with Crippen molar-refractivity contribution < 1.29 is 0 Å². The van der Waals surface area contributed by atoms with Crippen LogP contribution in [0.2, 0.25) is 0 Å². The number of hydrogen-bond acceptors (Lipinski definition) is 3. The van der Waals surface area contributed by atoms with Crippen molar-refractivity contribution in [3.63, 3.8) is 0 Å². The molecule has 3 rings (SSSR count). The molecule has 2 aromatic heterocycles. The number of rotatable bonds is 3. The van der Waals surface area contributed by atoms with E-state index in [-0.39, 0.29) is 6.04 Å². The number of benzene rings is 1. The van der Waals surface area contributed by atoms with Gasteiger partial charge in [0.25, 0.3) is 0 Å². The number of nitrogens with zero attached hydrogens (tertiary/aromatic N) is 3. The van der Waals surface area contributed by atoms with Gasteiger partial charge in [-0.05, 0) is 30.7 Å². The van der Waals surface area contributed by atoms with Crippen LogP contribution in [-0.2, 0) is 0 Å². The molecule has 0 saturated carbocycles. The fraction of sp³-hybridized carbons (Fsp3) is 0.125. The number of pyridine rings is 1. The number of nitrogen functional groups attached to an aromatic ring is 1. The van der Waals surface area contributed by atoms with Crippen LogP contribution in [0, 0.1) is 0 Å². The SMILES string of the molecule is CC(c1ccc(Br)cc1)n1cncc1-c1cnccc1N. The number of anilines is 1. The molecule has 0 bridgehead atoms. The second-order valence-corrected chi connectivity index (χ2v) is 5.79. The highest BCUT2D eigenvalue weighted by Crippen LogP contribution is 2.29. The van der Waals surface area contributed by atoms with Gasteiger partial charge >= 0.3 is 0 Å². The van der Waals surface area contributed by atoms with Crippen molar-refractivity contribution in [3.05, 3.63) is 65.3 Å². The Morgan fingerprint density at radius 1 is 1.10 bits per heavy atom. The van der Waals surface area contributed by atoms with Crippen LogP contribution in [0.3, 0.4) is 0 Å². The first-order valence-electron chi connectivity index (χ1n) is 6.64. The van der Waals surface area contributed by atoms with Crippen LogP contribution in [0.4, 0.5) is 5.69 Å². The summed E-state index contributed by atoms with van der Waals surface area (Å²) in [6.07, 6.45) is 7.12. The third-order valence-electron chi connectivity index (χ3n) is 3.57. The lowest BCUT2D eigenvalue weighted by molar-refractivity contribution is 0.644. The van der Waals surface area contributed by atoms with Crippen molar-refractivity contribution in [2.75, 3.05) is 5.73 Å². The van der Waals surface area contributed by atoms with Crippen LogP contribution in [0.1, 0.15) is 18.5 Å². The lowest BCUT2D eigenvalue weighted by Gasteiger charge is -2.18. The van der Waals surface area contributed by atoms with Crippen molar-refractivity contribution in [2.45, 2.75) is 13.0 Å². The molecule has 4 nitrogen and oxygen atoms in total. The number of hydrogen-bond donors (Lipinski definition) is 1. The molecule has 1 atom stereocenters. The summed E-state index contributed by atoms with van der Waals surface area (Å²) in [5, 5.41) is 0. The topological polar surface area (TPSA) is 56.7 Å². The van der Waals surface area contributed by atoms with Gasteiger partial charge in [0.1, 0.15) is 0 Å². The lowest BCUT2D eigenvalue weighted by Crippen LogP contribution is -2.07. The zero-order chi connectivity index (χ0) is 14.8. The van der Waals surface area contributed by atoms with Gasteiger partial charge in [0, 0.05) is 28.1 Å². The summed E-state index contributed by atoms with van der Waals surface area (Å²) >= 11 is 3.46. The van der Waals surface area contributed by atoms with Gasteiger partial charge in [-0.1, -0.05) is 28.1 Å². The zero-order valence-corrected chi connectivity index (χ0v) is 13.2. The van der Waals surface area contributed by atoms with Crippen LogP contribution >= 0.6 is 15.9 Å². The number of nitrogens with two attached hydrogens (primary N) is 1. The summed E-state index contributed by atoms with van der Waals surface area (Å²) in [4.78, 5) is 8.43. The highest BCUT2D eigenvalue weighted by Gasteiger charge is 2.14. The Labute approximate surface area is 131 Å². The van der Waals surface area contributed by atoms with Gasteiger partial charge in [-0.25, -0.2) is 4.98 Å². The molecule has 21 heavy (non-hydrogen) atoms. The Kier molecular flexibility index (Phi) is 3.75. The van der Waals surface area contributed by atoms with Crippen LogP contribution < -0.4 is 5.73 Å². The van der Waals surface area contributed by atoms with Crippen LogP contribution in [-0.4, -0.2) is 14.5 Å². The number of imidazole rings is 1. The molecule has 1 aromatic carbocycles. The predicted molar refractivity (Wildman–Crippen MR) is 87.8 cm³/mol. The average molecular weight is 343 g/mol. The molecule has 0 aliphatic carbocycles. The van der Waals surface area contributed by atoms with E-state index in [1.165, 1.54) is 5.56 Å². The molecule has 1 unspecified atom stereocenters. The highest BCUT2D eigenvalue weighted by molar-refractivity contribution is 9.10. The molecule has 5 heteroatoms. The maximum absolute atomic E-state index is 6.05. The van der Waals surface area contributed by atoms with Crippen molar-refractivity contribution in [3.8, 4) is 11.3 Å². The molecule has 0 saturated heterocycles. The Morgan fingerprint density at radius 2 is 1.86 bits per heavy atom. The normalized spacial score (nSPS) is 12.3. The summed E-state index contributed by atoms with van der Waals surface area (Å²) in [6, 6.07) is 10.3. The third-order valence-corrected chi connectivity index (χ3v) is 4.10. The van der Waals surface area contributed by atoms with Crippen LogP contribution in [0.15, 0.2) is 59.7 Å². The van der Waals surface area contributed by atoms with Crippen molar-refractivity contribution >= 4 is 21.6 Å². The molecule has 0 radical (unpaired) electrons. The van der Waals surface area contributed by atoms with Gasteiger partial charge < -0.3 is 10.3 Å². The standard InChI is InChI=1S/C16H15BrN4/c1-11(12-2-4-13(17)5-3-12)21-10-20-9-16(21)14-8-19-7-6-15(14)18/h2-11H,1H3,(H2,18,19). The summed E-state index contributed by atoms with van der Waals surface area (Å²) in [7, 11) is 0. The molecule has 0 fully saturated rings. The number of aromatic nitrogens is 3. The van der Waals surface area contributed by atoms with E-state index in [1.807, 2.05) is 24.7 Å². The molecule has 0 aliphatic rings. The Balaban J connectivity index is 2.03. The van der Waals surface area contributed by atoms with Gasteiger partial charge in [-0.3, -0.25) is 4.98 Å². The summed E-state index contributed by atoms with van der Waals surface area (Å²) < 4.78 is 3.18. The first-order valence-corrected chi connectivity index (χ1v) is 7.43. The van der Waals surface area contributed by atoms with Crippen LogP contribution in [0.25, 0.3) is 11.3 Å². The van der Waals surface area contributed by atoms with E-state index in [4.69, 9.17) is 5.73 Å². The molecule has 2 N–H and O–H groups in total. The van der Waals surface area contributed by atoms with E-state index >= 15 is 0 Å². The second-order valence-electron chi connectivity index (χ2n) is 4.88. The Bertz CT molecular complexity index is 749. The van der Waals surface area contributed by atoms with Gasteiger partial charge in [-0.2, -0.15) is 0 Å². The van der Waals surface area contributed by atoms with E-state index < -0.39 is 0 Å². The van der Waals surface area contributed by atoms with E-state index in [2.05, 4.69) is 49.5 Å². The minimum atomic E-state index is 0.162. The van der Waals surface area contributed by atoms with Gasteiger partial charge in [0.05, 0.1) is 24.3 Å². The Morgan fingerprint density at radius 3 is 2.57 bits per heavy atom. The predicted octanol–water partition coefficient (Wildman–Crippen LogP) is 3.90. The molecule has 0 aliphatic heterocycles. The quantitative estimate of drug-likeness (QED) is 0.785. The van der Waals surface area contributed by atoms with E-state index in [0.29, 0.717) is 5.69 Å². The fourth-order valence-electron chi connectivity index (χ4n) is 2.34. The zero-order valence-electron chi connectivity index (χ0n) is 11.6. The smallest absolute Gasteiger partial charge is 0.0956 e. The molecule has 0 spiro atoms. The molecule has 0 amide bonds. The van der Waals surface area contributed by atoms with Crippen molar-refractivity contribution in [1.82, 2.24) is 14.5 Å². The fourth-order valence-corrected chi connectivity index (χ4v) is 2.61. The molecular weight excluding hydrogens is 328 g/mol. The average Bonchev–Trinajstić information content (AvgIpc) is 2.97. The first kappa shape index (κ1) is 13.8. The van der Waals surface area contributed by atoms with Crippen molar-refractivity contribution in [1.29, 1.82) is 0 Å². The lowest BCUT2D eigenvalue weighted by atomic mass is 10.1. The molecule has 106 valence electrons. The maximum Gasteiger partial charge on any atom is 0.0956 e. The van der Waals surface area contributed by atoms with Crippen molar-refractivity contribution in [2.24, 2.45) is 0 Å². The summed E-state index contributed by atoms with van der Waals surface area (Å²) in [5.41, 5.74) is 9.83. The minimum absolute atomic E-state index is 0.162. The van der Waals surface area contributed by atoms with Gasteiger partial charge in [0.15, 0.2) is 0 Å². The minimum Gasteiger partial charge on any atom is -0.398 e. The van der Waals surface area contributed by atoms with Crippen LogP contribution in [0.5, 0.6) is 0 Å². The summed E-state index contributed by atoms with van der Waals surface area (Å²) in [6.45, 7) is 2.14. The van der Waals surface area contributed by atoms with E-state index in [1.54, 1.807) is 18.5 Å². The van der Waals surface area contributed by atoms with Gasteiger partial charge in [0.2, 0.25) is 0 Å². The molecule has 2 heterocycles. The first-order chi connectivity index (χ1) is 10.2.